The molecule has 0 heterocycles. The van der Waals surface area contributed by atoms with Gasteiger partial charge in [-0.3, -0.25) is 4.79 Å². The first-order valence-electron chi connectivity index (χ1n) is 5.83. The molecular weight excluding hydrogens is 246 g/mol. The highest BCUT2D eigenvalue weighted by molar-refractivity contribution is 5.96. The van der Waals surface area contributed by atoms with Crippen molar-refractivity contribution in [3.63, 3.8) is 0 Å². The number of hydrogen-bond acceptors (Lipinski definition) is 4. The third-order valence-corrected chi connectivity index (χ3v) is 2.56. The van der Waals surface area contributed by atoms with Crippen molar-refractivity contribution >= 4 is 17.6 Å². The summed E-state index contributed by atoms with van der Waals surface area (Å²) in [6.07, 6.45) is 4.05. The SMILES string of the molecule is C/C=C/Cc1c(NC(C)=O)ccc(C(=O)OC)c1O. The summed E-state index contributed by atoms with van der Waals surface area (Å²) in [5, 5.41) is 12.7. The average molecular weight is 263 g/mol. The lowest BCUT2D eigenvalue weighted by atomic mass is 10.0. The maximum Gasteiger partial charge on any atom is 0.341 e. The van der Waals surface area contributed by atoms with Gasteiger partial charge in [-0.15, -0.1) is 0 Å². The number of rotatable bonds is 4. The minimum atomic E-state index is -0.617. The van der Waals surface area contributed by atoms with Crippen LogP contribution < -0.4 is 5.32 Å². The predicted octanol–water partition coefficient (Wildman–Crippen LogP) is 2.26. The lowest BCUT2D eigenvalue weighted by Crippen LogP contribution is -2.10. The number of nitrogens with one attached hydrogen (secondary N) is 1. The highest BCUT2D eigenvalue weighted by Gasteiger charge is 2.17. The van der Waals surface area contributed by atoms with Crippen molar-refractivity contribution in [2.45, 2.75) is 20.3 Å². The number of carbonyl (C=O) groups is 2. The summed E-state index contributed by atoms with van der Waals surface area (Å²) < 4.78 is 4.59. The molecule has 1 amide bonds. The third kappa shape index (κ3) is 3.58. The number of carbonyl (C=O) groups excluding carboxylic acids is 2. The summed E-state index contributed by atoms with van der Waals surface area (Å²) in [4.78, 5) is 22.6. The summed E-state index contributed by atoms with van der Waals surface area (Å²) in [5.41, 5.74) is 1.04. The topological polar surface area (TPSA) is 75.6 Å². The number of aromatic hydroxyl groups is 1. The van der Waals surface area contributed by atoms with E-state index in [0.29, 0.717) is 17.7 Å². The molecule has 0 fully saturated rings. The molecule has 0 saturated heterocycles. The van der Waals surface area contributed by atoms with E-state index < -0.39 is 5.97 Å². The van der Waals surface area contributed by atoms with Gasteiger partial charge in [0.1, 0.15) is 11.3 Å². The van der Waals surface area contributed by atoms with Crippen LogP contribution in [0.15, 0.2) is 24.3 Å². The molecule has 1 aromatic carbocycles. The minimum absolute atomic E-state index is 0.0797. The Morgan fingerprint density at radius 3 is 2.63 bits per heavy atom. The Morgan fingerprint density at radius 1 is 1.42 bits per heavy atom. The minimum Gasteiger partial charge on any atom is -0.507 e. The van der Waals surface area contributed by atoms with Crippen molar-refractivity contribution in [1.29, 1.82) is 0 Å². The quantitative estimate of drug-likeness (QED) is 0.645. The Morgan fingerprint density at radius 2 is 2.11 bits per heavy atom. The van der Waals surface area contributed by atoms with Gasteiger partial charge in [0, 0.05) is 18.2 Å². The molecule has 0 aromatic heterocycles. The van der Waals surface area contributed by atoms with E-state index in [2.05, 4.69) is 10.1 Å². The third-order valence-electron chi connectivity index (χ3n) is 2.56. The van der Waals surface area contributed by atoms with Crippen LogP contribution in [0.2, 0.25) is 0 Å². The maximum atomic E-state index is 11.5. The number of methoxy groups -OCH3 is 1. The van der Waals surface area contributed by atoms with Crippen LogP contribution in [0.4, 0.5) is 5.69 Å². The fraction of sp³-hybridized carbons (Fsp3) is 0.286. The molecule has 2 N–H and O–H groups in total. The van der Waals surface area contributed by atoms with E-state index in [-0.39, 0.29) is 17.2 Å². The second kappa shape index (κ2) is 6.58. The number of phenols is 1. The standard InChI is InChI=1S/C14H17NO4/c1-4-5-6-10-12(15-9(2)16)8-7-11(13(10)17)14(18)19-3/h4-5,7-8,17H,6H2,1-3H3,(H,15,16)/b5-4+. The van der Waals surface area contributed by atoms with Gasteiger partial charge in [-0.1, -0.05) is 12.2 Å². The Balaban J connectivity index is 3.30. The molecular formula is C14H17NO4. The molecule has 0 unspecified atom stereocenters. The van der Waals surface area contributed by atoms with Crippen molar-refractivity contribution in [3.05, 3.63) is 35.4 Å². The van der Waals surface area contributed by atoms with Crippen LogP contribution in [0, 0.1) is 0 Å². The Hall–Kier alpha value is -2.30. The largest absolute Gasteiger partial charge is 0.507 e. The van der Waals surface area contributed by atoms with Crippen molar-refractivity contribution in [2.75, 3.05) is 12.4 Å². The van der Waals surface area contributed by atoms with Gasteiger partial charge in [0.2, 0.25) is 5.91 Å². The molecule has 1 aromatic rings. The van der Waals surface area contributed by atoms with E-state index in [1.807, 2.05) is 19.1 Å². The molecule has 1 rings (SSSR count). The molecule has 0 aliphatic heterocycles. The second-order valence-electron chi connectivity index (χ2n) is 3.93. The number of ether oxygens (including phenoxy) is 1. The number of hydrogen-bond donors (Lipinski definition) is 2. The van der Waals surface area contributed by atoms with Gasteiger partial charge in [-0.2, -0.15) is 0 Å². The lowest BCUT2D eigenvalue weighted by Gasteiger charge is -2.13. The van der Waals surface area contributed by atoms with Crippen LogP contribution in [0.3, 0.4) is 0 Å². The van der Waals surface area contributed by atoms with Crippen LogP contribution in [0.25, 0.3) is 0 Å². The fourth-order valence-corrected chi connectivity index (χ4v) is 1.66. The normalized spacial score (nSPS) is 10.5. The molecule has 19 heavy (non-hydrogen) atoms. The summed E-state index contributed by atoms with van der Waals surface area (Å²) in [5.74, 6) is -1.03. The monoisotopic (exact) mass is 263 g/mol. The predicted molar refractivity (Wildman–Crippen MR) is 72.3 cm³/mol. The number of anilines is 1. The molecule has 0 saturated carbocycles. The smallest absolute Gasteiger partial charge is 0.341 e. The van der Waals surface area contributed by atoms with Crippen LogP contribution >= 0.6 is 0 Å². The lowest BCUT2D eigenvalue weighted by molar-refractivity contribution is -0.114. The van der Waals surface area contributed by atoms with E-state index in [4.69, 9.17) is 0 Å². The molecule has 0 atom stereocenters. The molecule has 5 heteroatoms. The number of benzene rings is 1. The summed E-state index contributed by atoms with van der Waals surface area (Å²) in [6.45, 7) is 3.23. The number of allylic oxidation sites excluding steroid dienone is 2. The second-order valence-corrected chi connectivity index (χ2v) is 3.93. The van der Waals surface area contributed by atoms with Crippen LogP contribution in [0.5, 0.6) is 5.75 Å². The van der Waals surface area contributed by atoms with Gasteiger partial charge in [-0.25, -0.2) is 4.79 Å². The zero-order valence-corrected chi connectivity index (χ0v) is 11.2. The number of amides is 1. The molecule has 0 aliphatic rings. The molecule has 0 bridgehead atoms. The molecule has 102 valence electrons. The number of esters is 1. The Bertz CT molecular complexity index is 520. The zero-order chi connectivity index (χ0) is 14.4. The van der Waals surface area contributed by atoms with Gasteiger partial charge >= 0.3 is 5.97 Å². The molecule has 0 radical (unpaired) electrons. The van der Waals surface area contributed by atoms with Gasteiger partial charge < -0.3 is 15.2 Å². The maximum absolute atomic E-state index is 11.5. The van der Waals surface area contributed by atoms with Crippen LogP contribution in [-0.4, -0.2) is 24.1 Å². The van der Waals surface area contributed by atoms with Gasteiger partial charge in [0.15, 0.2) is 0 Å². The van der Waals surface area contributed by atoms with Crippen molar-refractivity contribution in [2.24, 2.45) is 0 Å². The van der Waals surface area contributed by atoms with E-state index >= 15 is 0 Å². The molecule has 5 nitrogen and oxygen atoms in total. The molecule has 0 spiro atoms. The highest BCUT2D eigenvalue weighted by atomic mass is 16.5. The first-order chi connectivity index (χ1) is 9.01. The van der Waals surface area contributed by atoms with Gasteiger partial charge in [0.05, 0.1) is 7.11 Å². The van der Waals surface area contributed by atoms with Crippen molar-refractivity contribution in [3.8, 4) is 5.75 Å². The summed E-state index contributed by atoms with van der Waals surface area (Å²) >= 11 is 0. The van der Waals surface area contributed by atoms with Crippen LogP contribution in [-0.2, 0) is 16.0 Å². The molecule has 0 aliphatic carbocycles. The van der Waals surface area contributed by atoms with Crippen LogP contribution in [0.1, 0.15) is 29.8 Å². The van der Waals surface area contributed by atoms with E-state index in [1.54, 1.807) is 6.07 Å². The van der Waals surface area contributed by atoms with Gasteiger partial charge in [0.25, 0.3) is 0 Å². The van der Waals surface area contributed by atoms with E-state index in [9.17, 15) is 14.7 Å². The zero-order valence-electron chi connectivity index (χ0n) is 11.2. The Kier molecular flexibility index (Phi) is 5.11. The first-order valence-corrected chi connectivity index (χ1v) is 5.83. The first kappa shape index (κ1) is 14.8. The Labute approximate surface area is 111 Å². The highest BCUT2D eigenvalue weighted by Crippen LogP contribution is 2.31. The van der Waals surface area contributed by atoms with Gasteiger partial charge in [-0.05, 0) is 25.5 Å². The van der Waals surface area contributed by atoms with Crippen molar-refractivity contribution < 1.29 is 19.4 Å². The fourth-order valence-electron chi connectivity index (χ4n) is 1.66. The average Bonchev–Trinajstić information content (AvgIpc) is 2.37. The summed E-state index contributed by atoms with van der Waals surface area (Å²) in [7, 11) is 1.25. The number of phenolic OH excluding ortho intramolecular Hbond substituents is 1. The van der Waals surface area contributed by atoms with Crippen molar-refractivity contribution in [1.82, 2.24) is 0 Å². The summed E-state index contributed by atoms with van der Waals surface area (Å²) in [6, 6.07) is 3.00. The van der Waals surface area contributed by atoms with E-state index in [0.717, 1.165) is 0 Å². The van der Waals surface area contributed by atoms with E-state index in [1.165, 1.54) is 20.1 Å².